The van der Waals surface area contributed by atoms with E-state index in [1.54, 1.807) is 0 Å². The molecule has 0 spiro atoms. The molecule has 31 heavy (non-hydrogen) atoms. The summed E-state index contributed by atoms with van der Waals surface area (Å²) in [4.78, 5) is 24.9. The third-order valence-electron chi connectivity index (χ3n) is 5.55. The van der Waals surface area contributed by atoms with Crippen molar-refractivity contribution in [3.8, 4) is 0 Å². The summed E-state index contributed by atoms with van der Waals surface area (Å²) < 4.78 is 2.60. The Morgan fingerprint density at radius 1 is 0.677 bits per heavy atom. The first-order chi connectivity index (χ1) is 14.6. The topological polar surface area (TPSA) is 58.2 Å². The summed E-state index contributed by atoms with van der Waals surface area (Å²) in [6, 6.07) is 16.4. The van der Waals surface area contributed by atoms with Gasteiger partial charge in [-0.15, -0.1) is 0 Å². The molecule has 0 saturated heterocycles. The van der Waals surface area contributed by atoms with Crippen LogP contribution in [0.15, 0.2) is 48.5 Å². The molecule has 0 radical (unpaired) electrons. The van der Waals surface area contributed by atoms with E-state index in [1.807, 2.05) is 52.0 Å². The number of carbonyl (C=O) groups excluding carboxylic acids is 2. The van der Waals surface area contributed by atoms with E-state index >= 15 is 0 Å². The molecular formula is C26H36N2O2Ti. The average Bonchev–Trinajstić information content (AvgIpc) is 2.70. The fourth-order valence-electron chi connectivity index (χ4n) is 3.52. The van der Waals surface area contributed by atoms with Gasteiger partial charge in [-0.25, -0.2) is 0 Å². The number of nitrogens with one attached hydrogen (secondary N) is 2. The van der Waals surface area contributed by atoms with Crippen molar-refractivity contribution in [1.29, 1.82) is 0 Å². The average molecular weight is 456 g/mol. The Balaban J connectivity index is 1.95. The molecule has 166 valence electrons. The van der Waals surface area contributed by atoms with Crippen LogP contribution in [-0.2, 0) is 28.7 Å². The molecule has 0 unspecified atom stereocenters. The van der Waals surface area contributed by atoms with Crippen LogP contribution >= 0.6 is 0 Å². The third-order valence-corrected chi connectivity index (χ3v) is 7.50. The van der Waals surface area contributed by atoms with Gasteiger partial charge in [0.25, 0.3) is 0 Å². The van der Waals surface area contributed by atoms with Crippen LogP contribution < -0.4 is 18.4 Å². The molecule has 2 aromatic rings. The van der Waals surface area contributed by atoms with E-state index in [0.717, 1.165) is 37.1 Å². The predicted octanol–water partition coefficient (Wildman–Crippen LogP) is 5.25. The second-order valence-corrected chi connectivity index (χ2v) is 11.6. The molecule has 0 atom stereocenters. The van der Waals surface area contributed by atoms with Gasteiger partial charge in [0.2, 0.25) is 0 Å². The zero-order chi connectivity index (χ0) is 23.1. The minimum absolute atomic E-state index is 0.0675. The van der Waals surface area contributed by atoms with Gasteiger partial charge in [-0.3, -0.25) is 0 Å². The number of carbonyl (C=O) groups is 2. The molecule has 5 heteroatoms. The number of anilines is 2. The monoisotopic (exact) mass is 456 g/mol. The summed E-state index contributed by atoms with van der Waals surface area (Å²) in [5, 5.41) is 6.08. The van der Waals surface area contributed by atoms with Gasteiger partial charge >= 0.3 is 197 Å². The molecule has 4 nitrogen and oxygen atoms in total. The molecule has 0 aliphatic rings. The number of rotatable bonds is 10. The van der Waals surface area contributed by atoms with Crippen LogP contribution in [0.4, 0.5) is 11.4 Å². The van der Waals surface area contributed by atoms with Crippen LogP contribution in [0.2, 0.25) is 0 Å². The molecule has 2 amide bonds. The van der Waals surface area contributed by atoms with Crippen LogP contribution in [0, 0.1) is 10.8 Å². The Morgan fingerprint density at radius 3 is 1.29 bits per heavy atom. The van der Waals surface area contributed by atoms with Crippen molar-refractivity contribution < 1.29 is 28.7 Å². The van der Waals surface area contributed by atoms with Crippen molar-refractivity contribution in [2.45, 2.75) is 67.2 Å². The first-order valence-electron chi connectivity index (χ1n) is 11.2. The van der Waals surface area contributed by atoms with Gasteiger partial charge in [0.05, 0.1) is 0 Å². The Bertz CT molecular complexity index is 798. The predicted molar refractivity (Wildman–Crippen MR) is 127 cm³/mol. The Morgan fingerprint density at radius 2 is 1.00 bits per heavy atom. The van der Waals surface area contributed by atoms with Crippen LogP contribution in [0.1, 0.15) is 67.2 Å². The zero-order valence-electron chi connectivity index (χ0n) is 19.8. The van der Waals surface area contributed by atoms with Crippen molar-refractivity contribution in [2.75, 3.05) is 10.6 Å². The number of hydrogen-bond donors (Lipinski definition) is 2. The zero-order valence-corrected chi connectivity index (χ0v) is 21.3. The molecule has 2 N–H and O–H groups in total. The molecule has 0 bridgehead atoms. The van der Waals surface area contributed by atoms with Gasteiger partial charge in [0, 0.05) is 0 Å². The van der Waals surface area contributed by atoms with Gasteiger partial charge in [-0.2, -0.15) is 0 Å². The third kappa shape index (κ3) is 7.62. The van der Waals surface area contributed by atoms with Gasteiger partial charge in [0.1, 0.15) is 0 Å². The minimum atomic E-state index is -0.475. The van der Waals surface area contributed by atoms with E-state index in [4.69, 9.17) is 0 Å². The fraction of sp³-hybridized carbons (Fsp3) is 0.462. The van der Waals surface area contributed by atoms with Gasteiger partial charge in [-0.05, 0) is 0 Å². The van der Waals surface area contributed by atoms with Crippen molar-refractivity contribution in [3.63, 3.8) is 0 Å². The summed E-state index contributed by atoms with van der Waals surface area (Å²) >= 11 is -0.475. The van der Waals surface area contributed by atoms with Gasteiger partial charge < -0.3 is 0 Å². The van der Waals surface area contributed by atoms with Crippen molar-refractivity contribution in [3.05, 3.63) is 48.5 Å². The molecule has 2 aromatic carbocycles. The molecule has 2 rings (SSSR count). The fourth-order valence-corrected chi connectivity index (χ4v) is 5.08. The molecule has 0 aliphatic heterocycles. The summed E-state index contributed by atoms with van der Waals surface area (Å²) in [6.45, 7) is 12.2. The molecule has 0 aromatic heterocycles. The number of amides is 2. The first-order valence-corrected chi connectivity index (χ1v) is 12.7. The van der Waals surface area contributed by atoms with E-state index in [0.29, 0.717) is 0 Å². The molecule has 0 fully saturated rings. The van der Waals surface area contributed by atoms with E-state index in [-0.39, 0.29) is 22.6 Å². The van der Waals surface area contributed by atoms with E-state index < -0.39 is 19.2 Å². The van der Waals surface area contributed by atoms with E-state index in [9.17, 15) is 9.59 Å². The Labute approximate surface area is 196 Å². The van der Waals surface area contributed by atoms with Gasteiger partial charge in [0.15, 0.2) is 0 Å². The maximum absolute atomic E-state index is 12.5. The summed E-state index contributed by atoms with van der Waals surface area (Å²) in [5.74, 6) is 0.135. The molecule has 0 heterocycles. The van der Waals surface area contributed by atoms with Crippen molar-refractivity contribution in [1.82, 2.24) is 0 Å². The summed E-state index contributed by atoms with van der Waals surface area (Å²) in [6.07, 6.45) is 3.72. The molecular weight excluding hydrogens is 420 g/mol. The number of benzene rings is 2. The molecule has 0 saturated carbocycles. The quantitative estimate of drug-likeness (QED) is 0.480. The van der Waals surface area contributed by atoms with Crippen LogP contribution in [0.5, 0.6) is 0 Å². The summed E-state index contributed by atoms with van der Waals surface area (Å²) in [5.41, 5.74) is 0.976. The van der Waals surface area contributed by atoms with Gasteiger partial charge in [-0.1, -0.05) is 0 Å². The first kappa shape index (κ1) is 25.4. The Hall–Kier alpha value is -1.91. The van der Waals surface area contributed by atoms with E-state index in [2.05, 4.69) is 48.7 Å². The van der Waals surface area contributed by atoms with Crippen LogP contribution in [0.3, 0.4) is 0 Å². The van der Waals surface area contributed by atoms with E-state index in [1.165, 1.54) is 7.74 Å². The second-order valence-electron chi connectivity index (χ2n) is 9.46. The molecule has 0 aliphatic carbocycles. The SMILES string of the molecule is CCCC(C)(C)C(=O)Nc1cc[c]([Ti][c]2ccc(NC(=O)C(C)(C)CCC)cc2)cc1. The normalized spacial score (nSPS) is 11.7. The second kappa shape index (κ2) is 11.1. The van der Waals surface area contributed by atoms with Crippen molar-refractivity contribution in [2.24, 2.45) is 10.8 Å². The standard InChI is InChI=1S/2C13H18NO.Ti/c2*1-4-10-13(2,3)12(15)14-11-8-6-5-7-9-11;/h2*6-9H,4,10H2,1-3H3,(H,14,15);. The van der Waals surface area contributed by atoms with Crippen molar-refractivity contribution >= 4 is 30.9 Å². The van der Waals surface area contributed by atoms with Crippen LogP contribution in [-0.4, -0.2) is 11.8 Å². The number of hydrogen-bond acceptors (Lipinski definition) is 2. The summed E-state index contributed by atoms with van der Waals surface area (Å²) in [7, 11) is 0. The van der Waals surface area contributed by atoms with Crippen LogP contribution in [0.25, 0.3) is 0 Å². The maximum atomic E-state index is 12.5. The Kier molecular flexibility index (Phi) is 9.08.